The lowest BCUT2D eigenvalue weighted by molar-refractivity contribution is -0.117. The van der Waals surface area contributed by atoms with Gasteiger partial charge in [0, 0.05) is 37.4 Å². The predicted molar refractivity (Wildman–Crippen MR) is 114 cm³/mol. The average Bonchev–Trinajstić information content (AvgIpc) is 2.74. The normalized spacial score (nSPS) is 14.4. The van der Waals surface area contributed by atoms with Crippen molar-refractivity contribution in [2.45, 2.75) is 20.0 Å². The van der Waals surface area contributed by atoms with Crippen LogP contribution < -0.4 is 5.32 Å². The van der Waals surface area contributed by atoms with E-state index in [1.807, 2.05) is 40.1 Å². The molecule has 1 aliphatic heterocycles. The first-order chi connectivity index (χ1) is 14.4. The molecular weight excluding hydrogens is 382 g/mol. The molecule has 30 heavy (non-hydrogen) atoms. The smallest absolute Gasteiger partial charge is 0.338 e. The van der Waals surface area contributed by atoms with Gasteiger partial charge in [0.05, 0.1) is 18.2 Å². The fourth-order valence-corrected chi connectivity index (χ4v) is 3.25. The van der Waals surface area contributed by atoms with Crippen molar-refractivity contribution in [3.8, 4) is 0 Å². The molecule has 158 valence electrons. The van der Waals surface area contributed by atoms with Crippen LogP contribution in [-0.4, -0.2) is 66.4 Å². The summed E-state index contributed by atoms with van der Waals surface area (Å²) in [5.41, 5.74) is 1.75. The second-order valence-electron chi connectivity index (χ2n) is 7.51. The maximum absolute atomic E-state index is 12.5. The fourth-order valence-electron chi connectivity index (χ4n) is 3.25. The molecule has 0 atom stereocenters. The molecule has 2 aromatic carbocycles. The monoisotopic (exact) mass is 409 g/mol. The summed E-state index contributed by atoms with van der Waals surface area (Å²) in [5, 5.41) is 2.84. The van der Waals surface area contributed by atoms with Crippen molar-refractivity contribution in [2.75, 3.05) is 38.0 Å². The number of nitrogens with one attached hydrogen (secondary N) is 1. The summed E-state index contributed by atoms with van der Waals surface area (Å²) in [5.74, 6) is -0.489. The number of hydrogen-bond donors (Lipinski definition) is 1. The zero-order valence-electron chi connectivity index (χ0n) is 17.3. The van der Waals surface area contributed by atoms with Crippen LogP contribution in [0.1, 0.15) is 34.6 Å². The molecule has 1 heterocycles. The summed E-state index contributed by atoms with van der Waals surface area (Å²) in [4.78, 5) is 40.6. The van der Waals surface area contributed by atoms with Crippen LogP contribution in [-0.2, 0) is 9.53 Å². The summed E-state index contributed by atoms with van der Waals surface area (Å²) >= 11 is 0. The molecule has 0 aromatic heterocycles. The standard InChI is InChI=1S/C23H27N3O4/c1-17(2)30-23(29)19-8-10-20(11-9-19)24-21(27)16-25-12-14-26(15-13-25)22(28)18-6-4-3-5-7-18/h3-11,17H,12-16H2,1-2H3,(H,24,27). The molecule has 0 bridgehead atoms. The zero-order valence-corrected chi connectivity index (χ0v) is 17.3. The Kier molecular flexibility index (Phi) is 7.19. The van der Waals surface area contributed by atoms with Crippen molar-refractivity contribution in [2.24, 2.45) is 0 Å². The largest absolute Gasteiger partial charge is 0.459 e. The van der Waals surface area contributed by atoms with Gasteiger partial charge in [0.25, 0.3) is 5.91 Å². The van der Waals surface area contributed by atoms with E-state index in [-0.39, 0.29) is 30.4 Å². The van der Waals surface area contributed by atoms with Crippen LogP contribution in [0.4, 0.5) is 5.69 Å². The van der Waals surface area contributed by atoms with Gasteiger partial charge in [-0.1, -0.05) is 18.2 Å². The molecule has 0 spiro atoms. The Balaban J connectivity index is 1.45. The van der Waals surface area contributed by atoms with Crippen molar-refractivity contribution in [3.05, 3.63) is 65.7 Å². The predicted octanol–water partition coefficient (Wildman–Crippen LogP) is 2.65. The Labute approximate surface area is 176 Å². The zero-order chi connectivity index (χ0) is 21.5. The van der Waals surface area contributed by atoms with Crippen LogP contribution in [0.3, 0.4) is 0 Å². The highest BCUT2D eigenvalue weighted by Gasteiger charge is 2.23. The number of benzene rings is 2. The molecule has 0 saturated carbocycles. The summed E-state index contributed by atoms with van der Waals surface area (Å²) in [6.07, 6.45) is -0.180. The minimum absolute atomic E-state index is 0.0239. The van der Waals surface area contributed by atoms with E-state index in [1.165, 1.54) is 0 Å². The van der Waals surface area contributed by atoms with Gasteiger partial charge in [-0.3, -0.25) is 14.5 Å². The second-order valence-corrected chi connectivity index (χ2v) is 7.51. The fraction of sp³-hybridized carbons (Fsp3) is 0.348. The number of nitrogens with zero attached hydrogens (tertiary/aromatic N) is 2. The third-order valence-corrected chi connectivity index (χ3v) is 4.79. The van der Waals surface area contributed by atoms with Gasteiger partial charge >= 0.3 is 5.97 Å². The first kappa shape index (κ1) is 21.5. The van der Waals surface area contributed by atoms with Gasteiger partial charge in [-0.05, 0) is 50.2 Å². The van der Waals surface area contributed by atoms with Gasteiger partial charge < -0.3 is 15.0 Å². The van der Waals surface area contributed by atoms with Crippen molar-refractivity contribution < 1.29 is 19.1 Å². The number of amides is 2. The summed E-state index contributed by atoms with van der Waals surface area (Å²) in [7, 11) is 0. The maximum atomic E-state index is 12.5. The minimum atomic E-state index is -0.384. The number of carbonyl (C=O) groups excluding carboxylic acids is 3. The Hall–Kier alpha value is -3.19. The lowest BCUT2D eigenvalue weighted by Crippen LogP contribution is -2.50. The Morgan fingerprint density at radius 3 is 2.13 bits per heavy atom. The molecule has 0 aliphatic carbocycles. The van der Waals surface area contributed by atoms with E-state index in [0.717, 1.165) is 0 Å². The number of piperazine rings is 1. The van der Waals surface area contributed by atoms with E-state index in [0.29, 0.717) is 43.0 Å². The topological polar surface area (TPSA) is 79.0 Å². The lowest BCUT2D eigenvalue weighted by atomic mass is 10.2. The van der Waals surface area contributed by atoms with Crippen LogP contribution >= 0.6 is 0 Å². The van der Waals surface area contributed by atoms with E-state index in [1.54, 1.807) is 38.1 Å². The first-order valence-electron chi connectivity index (χ1n) is 10.1. The molecule has 2 aromatic rings. The van der Waals surface area contributed by atoms with Gasteiger partial charge in [-0.25, -0.2) is 4.79 Å². The summed E-state index contributed by atoms with van der Waals surface area (Å²) in [6.45, 7) is 6.32. The molecule has 1 aliphatic rings. The maximum Gasteiger partial charge on any atom is 0.338 e. The van der Waals surface area contributed by atoms with E-state index in [4.69, 9.17) is 4.74 Å². The first-order valence-corrected chi connectivity index (χ1v) is 10.1. The van der Waals surface area contributed by atoms with Crippen LogP contribution in [0, 0.1) is 0 Å². The van der Waals surface area contributed by atoms with Crippen LogP contribution in [0.15, 0.2) is 54.6 Å². The molecule has 2 amide bonds. The Morgan fingerprint density at radius 2 is 1.53 bits per heavy atom. The number of hydrogen-bond acceptors (Lipinski definition) is 5. The third-order valence-electron chi connectivity index (χ3n) is 4.79. The Bertz CT molecular complexity index is 873. The molecule has 1 fully saturated rings. The van der Waals surface area contributed by atoms with E-state index in [9.17, 15) is 14.4 Å². The molecular formula is C23H27N3O4. The SMILES string of the molecule is CC(C)OC(=O)c1ccc(NC(=O)CN2CCN(C(=O)c3ccccc3)CC2)cc1. The van der Waals surface area contributed by atoms with Crippen molar-refractivity contribution in [1.29, 1.82) is 0 Å². The highest BCUT2D eigenvalue weighted by Crippen LogP contribution is 2.12. The number of rotatable bonds is 6. The molecule has 7 heteroatoms. The van der Waals surface area contributed by atoms with Crippen molar-refractivity contribution in [1.82, 2.24) is 9.80 Å². The average molecular weight is 409 g/mol. The van der Waals surface area contributed by atoms with Gasteiger partial charge in [-0.2, -0.15) is 0 Å². The summed E-state index contributed by atoms with van der Waals surface area (Å²) in [6, 6.07) is 15.9. The highest BCUT2D eigenvalue weighted by atomic mass is 16.5. The summed E-state index contributed by atoms with van der Waals surface area (Å²) < 4.78 is 5.15. The molecule has 1 N–H and O–H groups in total. The number of carbonyl (C=O) groups is 3. The Morgan fingerprint density at radius 1 is 0.900 bits per heavy atom. The lowest BCUT2D eigenvalue weighted by Gasteiger charge is -2.34. The molecule has 0 unspecified atom stereocenters. The van der Waals surface area contributed by atoms with Crippen LogP contribution in [0.5, 0.6) is 0 Å². The van der Waals surface area contributed by atoms with Gasteiger partial charge in [-0.15, -0.1) is 0 Å². The van der Waals surface area contributed by atoms with E-state index >= 15 is 0 Å². The second kappa shape index (κ2) is 10.0. The van der Waals surface area contributed by atoms with Gasteiger partial charge in [0.15, 0.2) is 0 Å². The van der Waals surface area contributed by atoms with Gasteiger partial charge in [0.2, 0.25) is 5.91 Å². The van der Waals surface area contributed by atoms with Crippen LogP contribution in [0.2, 0.25) is 0 Å². The van der Waals surface area contributed by atoms with Crippen LogP contribution in [0.25, 0.3) is 0 Å². The van der Waals surface area contributed by atoms with Gasteiger partial charge in [0.1, 0.15) is 0 Å². The minimum Gasteiger partial charge on any atom is -0.459 e. The molecule has 3 rings (SSSR count). The number of ether oxygens (including phenoxy) is 1. The van der Waals surface area contributed by atoms with Crippen molar-refractivity contribution in [3.63, 3.8) is 0 Å². The van der Waals surface area contributed by atoms with Crippen molar-refractivity contribution >= 4 is 23.5 Å². The molecule has 1 saturated heterocycles. The third kappa shape index (κ3) is 5.90. The molecule has 0 radical (unpaired) electrons. The molecule has 7 nitrogen and oxygen atoms in total. The quantitative estimate of drug-likeness (QED) is 0.742. The number of anilines is 1. The number of esters is 1. The highest BCUT2D eigenvalue weighted by molar-refractivity contribution is 5.95. The van der Waals surface area contributed by atoms with E-state index in [2.05, 4.69) is 5.32 Å². The van der Waals surface area contributed by atoms with E-state index < -0.39 is 0 Å².